The van der Waals surface area contributed by atoms with Gasteiger partial charge < -0.3 is 9.73 Å². The van der Waals surface area contributed by atoms with Gasteiger partial charge in [0.2, 0.25) is 5.91 Å². The largest absolute Gasteiger partial charge is 0.417 e. The van der Waals surface area contributed by atoms with E-state index in [-0.39, 0.29) is 5.91 Å². The van der Waals surface area contributed by atoms with Crippen molar-refractivity contribution in [3.05, 3.63) is 62.6 Å². The normalized spacial score (nSPS) is 10.9. The zero-order valence-corrected chi connectivity index (χ0v) is 13.4. The minimum Gasteiger partial charge on any atom is -0.408 e. The summed E-state index contributed by atoms with van der Waals surface area (Å²) < 4.78 is 4.91. The molecule has 2 N–H and O–H groups in total. The number of aromatic nitrogens is 1. The maximum absolute atomic E-state index is 12.0. The van der Waals surface area contributed by atoms with Gasteiger partial charge in [-0.3, -0.25) is 9.78 Å². The van der Waals surface area contributed by atoms with Crippen LogP contribution in [0.15, 0.2) is 45.6 Å². The summed E-state index contributed by atoms with van der Waals surface area (Å²) in [4.78, 5) is 25.7. The number of rotatable bonds is 4. The summed E-state index contributed by atoms with van der Waals surface area (Å²) in [5.74, 6) is -0.663. The molecule has 0 aliphatic rings. The first-order valence-corrected chi connectivity index (χ1v) is 7.63. The van der Waals surface area contributed by atoms with Crippen molar-refractivity contribution in [2.45, 2.75) is 12.8 Å². The molecule has 0 bridgehead atoms. The maximum atomic E-state index is 12.0. The van der Waals surface area contributed by atoms with Gasteiger partial charge >= 0.3 is 5.76 Å². The number of benzene rings is 2. The van der Waals surface area contributed by atoms with Crippen LogP contribution < -0.4 is 11.1 Å². The molecule has 3 rings (SSSR count). The molecule has 1 aromatic heterocycles. The van der Waals surface area contributed by atoms with Crippen molar-refractivity contribution in [1.82, 2.24) is 4.98 Å². The average molecular weight is 351 g/mol. The Balaban J connectivity index is 1.63. The molecule has 3 aromatic rings. The number of H-pyrrole nitrogens is 1. The summed E-state index contributed by atoms with van der Waals surface area (Å²) in [7, 11) is 0. The van der Waals surface area contributed by atoms with Crippen LogP contribution in [0.2, 0.25) is 10.0 Å². The molecule has 0 saturated carbocycles. The Morgan fingerprint density at radius 1 is 1.13 bits per heavy atom. The van der Waals surface area contributed by atoms with E-state index in [1.165, 1.54) is 0 Å². The lowest BCUT2D eigenvalue weighted by molar-refractivity contribution is -0.116. The second-order valence-corrected chi connectivity index (χ2v) is 5.84. The van der Waals surface area contributed by atoms with Crippen molar-refractivity contribution in [3.63, 3.8) is 0 Å². The van der Waals surface area contributed by atoms with Gasteiger partial charge in [-0.15, -0.1) is 0 Å². The Hall–Kier alpha value is -2.24. The molecule has 0 saturated heterocycles. The first-order valence-electron chi connectivity index (χ1n) is 6.88. The second kappa shape index (κ2) is 6.48. The summed E-state index contributed by atoms with van der Waals surface area (Å²) in [6, 6.07) is 10.2. The lowest BCUT2D eigenvalue weighted by Crippen LogP contribution is -2.12. The van der Waals surface area contributed by atoms with Crippen molar-refractivity contribution in [3.8, 4) is 0 Å². The fourth-order valence-corrected chi connectivity index (χ4v) is 2.53. The van der Waals surface area contributed by atoms with E-state index in [2.05, 4.69) is 10.3 Å². The van der Waals surface area contributed by atoms with Crippen LogP contribution in [0.3, 0.4) is 0 Å². The van der Waals surface area contributed by atoms with Crippen molar-refractivity contribution in [1.29, 1.82) is 0 Å². The molecule has 7 heteroatoms. The van der Waals surface area contributed by atoms with E-state index in [1.807, 2.05) is 6.07 Å². The van der Waals surface area contributed by atoms with Crippen LogP contribution in [0.4, 0.5) is 5.69 Å². The molecular weight excluding hydrogens is 339 g/mol. The van der Waals surface area contributed by atoms with Crippen molar-refractivity contribution in [2.75, 3.05) is 5.32 Å². The number of aryl methyl sites for hydroxylation is 1. The minimum absolute atomic E-state index is 0.138. The average Bonchev–Trinajstić information content (AvgIpc) is 2.88. The molecule has 2 aromatic carbocycles. The fraction of sp³-hybridized carbons (Fsp3) is 0.125. The van der Waals surface area contributed by atoms with Crippen LogP contribution >= 0.6 is 23.2 Å². The summed E-state index contributed by atoms with van der Waals surface area (Å²) >= 11 is 11.8. The molecule has 5 nitrogen and oxygen atoms in total. The van der Waals surface area contributed by atoms with Crippen molar-refractivity contribution < 1.29 is 9.21 Å². The van der Waals surface area contributed by atoms with Gasteiger partial charge in [-0.1, -0.05) is 29.3 Å². The third kappa shape index (κ3) is 3.75. The van der Waals surface area contributed by atoms with Crippen molar-refractivity contribution >= 4 is 45.9 Å². The molecule has 1 amide bonds. The highest BCUT2D eigenvalue weighted by atomic mass is 35.5. The number of fused-ring (bicyclic) bond motifs is 1. The molecule has 0 aliphatic carbocycles. The number of oxazole rings is 1. The van der Waals surface area contributed by atoms with E-state index in [4.69, 9.17) is 27.6 Å². The predicted molar refractivity (Wildman–Crippen MR) is 90.2 cm³/mol. The number of anilines is 1. The Labute approximate surface area is 141 Å². The van der Waals surface area contributed by atoms with Gasteiger partial charge in [0.15, 0.2) is 5.58 Å². The zero-order chi connectivity index (χ0) is 16.4. The SMILES string of the molecule is O=C(CCc1ccc(Cl)c(Cl)c1)Nc1ccc2oc(=O)[nH]c2c1. The van der Waals surface area contributed by atoms with Gasteiger partial charge in [-0.2, -0.15) is 0 Å². The first kappa shape index (κ1) is 15.6. The summed E-state index contributed by atoms with van der Waals surface area (Å²) in [6.45, 7) is 0. The number of aromatic amines is 1. The van der Waals surface area contributed by atoms with Gasteiger partial charge in [-0.25, -0.2) is 4.79 Å². The van der Waals surface area contributed by atoms with Crippen LogP contribution in [-0.2, 0) is 11.2 Å². The predicted octanol–water partition coefficient (Wildman–Crippen LogP) is 4.00. The van der Waals surface area contributed by atoms with E-state index < -0.39 is 5.76 Å². The van der Waals surface area contributed by atoms with Gasteiger partial charge in [0.25, 0.3) is 0 Å². The van der Waals surface area contributed by atoms with Crippen LogP contribution in [0.1, 0.15) is 12.0 Å². The lowest BCUT2D eigenvalue weighted by atomic mass is 10.1. The molecule has 0 aliphatic heterocycles. The standard InChI is InChI=1S/C16H12Cl2N2O3/c17-11-4-1-9(7-12(11)18)2-6-15(21)19-10-3-5-14-13(8-10)20-16(22)23-14/h1,3-5,7-8H,2,6H2,(H,19,21)(H,20,22). The van der Waals surface area contributed by atoms with Crippen LogP contribution in [-0.4, -0.2) is 10.9 Å². The minimum atomic E-state index is -0.525. The molecule has 0 spiro atoms. The van der Waals surface area contributed by atoms with Crippen LogP contribution in [0.5, 0.6) is 0 Å². The topological polar surface area (TPSA) is 75.1 Å². The van der Waals surface area contributed by atoms with E-state index in [0.29, 0.717) is 39.7 Å². The highest BCUT2D eigenvalue weighted by Gasteiger charge is 2.07. The van der Waals surface area contributed by atoms with Gasteiger partial charge in [0.05, 0.1) is 15.6 Å². The Morgan fingerprint density at radius 2 is 1.96 bits per heavy atom. The number of halogens is 2. The number of amides is 1. The molecule has 0 radical (unpaired) electrons. The summed E-state index contributed by atoms with van der Waals surface area (Å²) in [6.07, 6.45) is 0.853. The fourth-order valence-electron chi connectivity index (χ4n) is 2.21. The molecule has 118 valence electrons. The van der Waals surface area contributed by atoms with Crippen LogP contribution in [0.25, 0.3) is 11.1 Å². The smallest absolute Gasteiger partial charge is 0.408 e. The van der Waals surface area contributed by atoms with E-state index in [9.17, 15) is 9.59 Å². The molecule has 1 heterocycles. The zero-order valence-electron chi connectivity index (χ0n) is 11.9. The molecule has 23 heavy (non-hydrogen) atoms. The Kier molecular flexibility index (Phi) is 4.41. The lowest BCUT2D eigenvalue weighted by Gasteiger charge is -2.06. The highest BCUT2D eigenvalue weighted by Crippen LogP contribution is 2.23. The van der Waals surface area contributed by atoms with Gasteiger partial charge in [0, 0.05) is 12.1 Å². The van der Waals surface area contributed by atoms with Crippen LogP contribution in [0, 0.1) is 0 Å². The quantitative estimate of drug-likeness (QED) is 0.746. The molecular formula is C16H12Cl2N2O3. The van der Waals surface area contributed by atoms with Crippen molar-refractivity contribution in [2.24, 2.45) is 0 Å². The molecule has 0 atom stereocenters. The third-order valence-electron chi connectivity index (χ3n) is 3.33. The number of carbonyl (C=O) groups is 1. The molecule has 0 unspecified atom stereocenters. The second-order valence-electron chi connectivity index (χ2n) is 5.02. The van der Waals surface area contributed by atoms with E-state index >= 15 is 0 Å². The van der Waals surface area contributed by atoms with Gasteiger partial charge in [-0.05, 0) is 42.3 Å². The number of carbonyl (C=O) groups excluding carboxylic acids is 1. The van der Waals surface area contributed by atoms with E-state index in [1.54, 1.807) is 30.3 Å². The monoisotopic (exact) mass is 350 g/mol. The highest BCUT2D eigenvalue weighted by molar-refractivity contribution is 6.42. The molecule has 0 fully saturated rings. The summed E-state index contributed by atoms with van der Waals surface area (Å²) in [5.41, 5.74) is 2.51. The van der Waals surface area contributed by atoms with Gasteiger partial charge in [0.1, 0.15) is 0 Å². The first-order chi connectivity index (χ1) is 11.0. The number of hydrogen-bond acceptors (Lipinski definition) is 3. The number of nitrogens with one attached hydrogen (secondary N) is 2. The Bertz CT molecular complexity index is 930. The number of hydrogen-bond donors (Lipinski definition) is 2. The summed E-state index contributed by atoms with van der Waals surface area (Å²) in [5, 5.41) is 3.74. The maximum Gasteiger partial charge on any atom is 0.417 e. The Morgan fingerprint density at radius 3 is 2.74 bits per heavy atom. The third-order valence-corrected chi connectivity index (χ3v) is 4.07. The van der Waals surface area contributed by atoms with E-state index in [0.717, 1.165) is 5.56 Å².